The Labute approximate surface area is 145 Å². The lowest BCUT2D eigenvalue weighted by atomic mass is 9.95. The fourth-order valence-corrected chi connectivity index (χ4v) is 4.95. The first-order valence-electron chi connectivity index (χ1n) is 8.12. The van der Waals surface area contributed by atoms with Crippen molar-refractivity contribution in [2.75, 3.05) is 18.8 Å². The van der Waals surface area contributed by atoms with Crippen molar-refractivity contribution in [3.63, 3.8) is 0 Å². The van der Waals surface area contributed by atoms with Gasteiger partial charge in [0.05, 0.1) is 11.2 Å². The van der Waals surface area contributed by atoms with E-state index >= 15 is 0 Å². The molecule has 1 aliphatic rings. The summed E-state index contributed by atoms with van der Waals surface area (Å²) in [6.07, 6.45) is 2.98. The van der Waals surface area contributed by atoms with Gasteiger partial charge in [0.2, 0.25) is 15.9 Å². The van der Waals surface area contributed by atoms with Crippen LogP contribution >= 0.6 is 0 Å². The number of nitrogens with two attached hydrogens (primary N) is 1. The molecule has 0 atom stereocenters. The number of pyridine rings is 1. The van der Waals surface area contributed by atoms with Crippen LogP contribution in [0.25, 0.3) is 10.9 Å². The maximum absolute atomic E-state index is 13.1. The molecule has 0 amide bonds. The zero-order chi connectivity index (χ0) is 17.4. The van der Waals surface area contributed by atoms with Crippen molar-refractivity contribution in [3.8, 4) is 0 Å². The van der Waals surface area contributed by atoms with E-state index in [1.165, 1.54) is 4.31 Å². The first-order chi connectivity index (χ1) is 12.1. The molecule has 3 heterocycles. The maximum atomic E-state index is 13.1. The highest BCUT2D eigenvalue weighted by Gasteiger charge is 2.32. The van der Waals surface area contributed by atoms with Gasteiger partial charge < -0.3 is 10.3 Å². The summed E-state index contributed by atoms with van der Waals surface area (Å²) in [7, 11) is -3.59. The molecule has 3 aromatic rings. The maximum Gasteiger partial charge on any atom is 0.245 e. The topological polar surface area (TPSA) is 102 Å². The molecular weight excluding hydrogens is 340 g/mol. The van der Waals surface area contributed by atoms with E-state index in [-0.39, 0.29) is 16.7 Å². The Hall–Kier alpha value is -2.45. The average molecular weight is 358 g/mol. The Bertz CT molecular complexity index is 1000. The van der Waals surface area contributed by atoms with Crippen molar-refractivity contribution in [1.82, 2.24) is 14.4 Å². The summed E-state index contributed by atoms with van der Waals surface area (Å²) in [4.78, 5) is 4.52. The first kappa shape index (κ1) is 16.0. The minimum absolute atomic E-state index is 0.165. The number of benzene rings is 1. The zero-order valence-corrected chi connectivity index (χ0v) is 14.3. The van der Waals surface area contributed by atoms with Crippen LogP contribution in [0.15, 0.2) is 52.0 Å². The number of para-hydroxylation sites is 1. The van der Waals surface area contributed by atoms with E-state index < -0.39 is 10.0 Å². The van der Waals surface area contributed by atoms with Gasteiger partial charge in [-0.3, -0.25) is 4.98 Å². The molecule has 0 saturated carbocycles. The van der Waals surface area contributed by atoms with E-state index in [4.69, 9.17) is 10.3 Å². The van der Waals surface area contributed by atoms with Crippen LogP contribution in [0.5, 0.6) is 0 Å². The molecular formula is C17H18N4O3S. The van der Waals surface area contributed by atoms with Crippen LogP contribution in [0.4, 0.5) is 5.88 Å². The summed E-state index contributed by atoms with van der Waals surface area (Å²) in [5.74, 6) is 0.449. The summed E-state index contributed by atoms with van der Waals surface area (Å²) in [5.41, 5.74) is 6.87. The van der Waals surface area contributed by atoms with Gasteiger partial charge in [0.25, 0.3) is 0 Å². The van der Waals surface area contributed by atoms with Crippen molar-refractivity contribution in [1.29, 1.82) is 0 Å². The molecule has 0 radical (unpaired) electrons. The highest BCUT2D eigenvalue weighted by Crippen LogP contribution is 2.32. The number of aromatic nitrogens is 2. The Morgan fingerprint density at radius 2 is 1.92 bits per heavy atom. The third-order valence-corrected chi connectivity index (χ3v) is 6.56. The van der Waals surface area contributed by atoms with Gasteiger partial charge in [-0.15, -0.1) is 0 Å². The number of piperidine rings is 1. The van der Waals surface area contributed by atoms with Gasteiger partial charge in [0, 0.05) is 36.7 Å². The standard InChI is InChI=1S/C17H18N4O3S/c18-16-11-14(20-24-16)12-6-9-21(10-7-12)25(22,23)15-5-1-3-13-4-2-8-19-17(13)15/h1-5,8,11-12H,6-7,9-10,18H2. The molecule has 0 spiro atoms. The number of anilines is 1. The fourth-order valence-electron chi connectivity index (χ4n) is 3.31. The smallest absolute Gasteiger partial charge is 0.245 e. The van der Waals surface area contributed by atoms with Crippen molar-refractivity contribution < 1.29 is 12.9 Å². The number of nitrogen functional groups attached to an aromatic ring is 1. The summed E-state index contributed by atoms with van der Waals surface area (Å²) in [5, 5.41) is 4.76. The fraction of sp³-hybridized carbons (Fsp3) is 0.294. The van der Waals surface area contributed by atoms with E-state index in [0.29, 0.717) is 31.4 Å². The predicted octanol–water partition coefficient (Wildman–Crippen LogP) is 2.37. The third kappa shape index (κ3) is 2.87. The van der Waals surface area contributed by atoms with Gasteiger partial charge in [0.15, 0.2) is 0 Å². The summed E-state index contributed by atoms with van der Waals surface area (Å²) < 4.78 is 32.6. The number of sulfonamides is 1. The Morgan fingerprint density at radius 1 is 1.16 bits per heavy atom. The van der Waals surface area contributed by atoms with Gasteiger partial charge in [-0.05, 0) is 25.0 Å². The summed E-state index contributed by atoms with van der Waals surface area (Å²) in [6, 6.07) is 10.6. The average Bonchev–Trinajstić information content (AvgIpc) is 3.08. The van der Waals surface area contributed by atoms with E-state index in [1.807, 2.05) is 12.1 Å². The minimum atomic E-state index is -3.59. The lowest BCUT2D eigenvalue weighted by molar-refractivity contribution is 0.309. The van der Waals surface area contributed by atoms with E-state index in [1.54, 1.807) is 30.5 Å². The molecule has 1 aromatic carbocycles. The monoisotopic (exact) mass is 358 g/mol. The van der Waals surface area contributed by atoms with Crippen molar-refractivity contribution in [2.24, 2.45) is 0 Å². The van der Waals surface area contributed by atoms with Crippen LogP contribution in [0, 0.1) is 0 Å². The molecule has 7 nitrogen and oxygen atoms in total. The summed E-state index contributed by atoms with van der Waals surface area (Å²) in [6.45, 7) is 0.867. The highest BCUT2D eigenvalue weighted by molar-refractivity contribution is 7.89. The van der Waals surface area contributed by atoms with Crippen molar-refractivity contribution in [3.05, 3.63) is 48.3 Å². The van der Waals surface area contributed by atoms with Crippen LogP contribution < -0.4 is 5.73 Å². The van der Waals surface area contributed by atoms with Crippen LogP contribution in [-0.2, 0) is 10.0 Å². The van der Waals surface area contributed by atoms with Gasteiger partial charge in [-0.2, -0.15) is 4.31 Å². The molecule has 0 unspecified atom stereocenters. The van der Waals surface area contributed by atoms with Gasteiger partial charge >= 0.3 is 0 Å². The second-order valence-corrected chi connectivity index (χ2v) is 8.07. The molecule has 130 valence electrons. The van der Waals surface area contributed by atoms with Gasteiger partial charge in [0.1, 0.15) is 4.90 Å². The van der Waals surface area contributed by atoms with Crippen molar-refractivity contribution in [2.45, 2.75) is 23.7 Å². The molecule has 8 heteroatoms. The molecule has 2 N–H and O–H groups in total. The minimum Gasteiger partial charge on any atom is -0.368 e. The molecule has 1 fully saturated rings. The summed E-state index contributed by atoms with van der Waals surface area (Å²) >= 11 is 0. The van der Waals surface area contributed by atoms with Gasteiger partial charge in [-0.25, -0.2) is 8.42 Å². The Morgan fingerprint density at radius 3 is 2.64 bits per heavy atom. The third-order valence-electron chi connectivity index (χ3n) is 4.63. The van der Waals surface area contributed by atoms with Crippen LogP contribution in [0.1, 0.15) is 24.5 Å². The lowest BCUT2D eigenvalue weighted by Gasteiger charge is -2.30. The zero-order valence-electron chi connectivity index (χ0n) is 13.5. The number of nitrogens with zero attached hydrogens (tertiary/aromatic N) is 3. The molecule has 1 saturated heterocycles. The SMILES string of the molecule is Nc1cc(C2CCN(S(=O)(=O)c3cccc4cccnc34)CC2)no1. The number of hydrogen-bond acceptors (Lipinski definition) is 6. The van der Waals surface area contributed by atoms with Crippen LogP contribution in [0.2, 0.25) is 0 Å². The second kappa shape index (κ2) is 6.12. The van der Waals surface area contributed by atoms with E-state index in [0.717, 1.165) is 11.1 Å². The number of rotatable bonds is 3. The van der Waals surface area contributed by atoms with Crippen molar-refractivity contribution >= 4 is 26.8 Å². The quantitative estimate of drug-likeness (QED) is 0.771. The van der Waals surface area contributed by atoms with Gasteiger partial charge in [-0.1, -0.05) is 23.4 Å². The molecule has 1 aliphatic heterocycles. The van der Waals surface area contributed by atoms with Crippen LogP contribution in [0.3, 0.4) is 0 Å². The van der Waals surface area contributed by atoms with Crippen LogP contribution in [-0.4, -0.2) is 36.0 Å². The molecule has 25 heavy (non-hydrogen) atoms. The Balaban J connectivity index is 1.59. The second-order valence-electron chi connectivity index (χ2n) is 6.16. The Kier molecular flexibility index (Phi) is 3.93. The lowest BCUT2D eigenvalue weighted by Crippen LogP contribution is -2.38. The number of hydrogen-bond donors (Lipinski definition) is 1. The predicted molar refractivity (Wildman–Crippen MR) is 93.4 cm³/mol. The van der Waals surface area contributed by atoms with E-state index in [2.05, 4.69) is 10.1 Å². The molecule has 0 aliphatic carbocycles. The number of fused-ring (bicyclic) bond motifs is 1. The molecule has 4 rings (SSSR count). The molecule has 0 bridgehead atoms. The normalized spacial score (nSPS) is 17.1. The first-order valence-corrected chi connectivity index (χ1v) is 9.56. The largest absolute Gasteiger partial charge is 0.368 e. The molecule has 2 aromatic heterocycles. The van der Waals surface area contributed by atoms with E-state index in [9.17, 15) is 8.42 Å². The highest BCUT2D eigenvalue weighted by atomic mass is 32.2.